The number of nitrogens with one attached hydrogen (secondary N) is 1. The quantitative estimate of drug-likeness (QED) is 0.878. The van der Waals surface area contributed by atoms with Crippen LogP contribution in [0.2, 0.25) is 5.02 Å². The zero-order valence-corrected chi connectivity index (χ0v) is 13.1. The van der Waals surface area contributed by atoms with Gasteiger partial charge >= 0.3 is 0 Å². The van der Waals surface area contributed by atoms with Crippen LogP contribution in [0, 0.1) is 12.8 Å². The standard InChI is InChI=1S/C13H20ClNO3S/c1-8(2)10(4)15-19(17,18)13-6-12(14)5-11(7-16)9(13)3/h5-6,8,10,15-16H,7H2,1-4H3. The van der Waals surface area contributed by atoms with E-state index in [0.717, 1.165) is 0 Å². The van der Waals surface area contributed by atoms with Gasteiger partial charge < -0.3 is 5.11 Å². The third kappa shape index (κ3) is 3.92. The van der Waals surface area contributed by atoms with Crippen molar-refractivity contribution in [3.63, 3.8) is 0 Å². The van der Waals surface area contributed by atoms with Gasteiger partial charge in [0.15, 0.2) is 0 Å². The Morgan fingerprint density at radius 1 is 1.32 bits per heavy atom. The monoisotopic (exact) mass is 305 g/mol. The average molecular weight is 306 g/mol. The molecule has 0 aromatic heterocycles. The molecule has 1 aromatic rings. The zero-order chi connectivity index (χ0) is 14.8. The molecule has 2 N–H and O–H groups in total. The van der Waals surface area contributed by atoms with Gasteiger partial charge in [0.1, 0.15) is 0 Å². The molecule has 0 amide bonds. The topological polar surface area (TPSA) is 66.4 Å². The van der Waals surface area contributed by atoms with Crippen molar-refractivity contribution in [2.24, 2.45) is 5.92 Å². The molecule has 0 saturated carbocycles. The first-order chi connectivity index (χ1) is 8.69. The molecule has 0 saturated heterocycles. The number of aliphatic hydroxyl groups is 1. The maximum atomic E-state index is 12.3. The second kappa shape index (κ2) is 6.22. The predicted molar refractivity (Wildman–Crippen MR) is 76.7 cm³/mol. The molecule has 0 radical (unpaired) electrons. The highest BCUT2D eigenvalue weighted by Crippen LogP contribution is 2.25. The Hall–Kier alpha value is -0.620. The fourth-order valence-corrected chi connectivity index (χ4v) is 3.61. The SMILES string of the molecule is Cc1c(CO)cc(Cl)cc1S(=O)(=O)NC(C)C(C)C. The summed E-state index contributed by atoms with van der Waals surface area (Å²) >= 11 is 5.90. The van der Waals surface area contributed by atoms with Gasteiger partial charge in [0.25, 0.3) is 0 Å². The maximum absolute atomic E-state index is 12.3. The molecule has 6 heteroatoms. The van der Waals surface area contributed by atoms with Crippen molar-refractivity contribution in [1.29, 1.82) is 0 Å². The third-order valence-corrected chi connectivity index (χ3v) is 5.14. The van der Waals surface area contributed by atoms with Crippen LogP contribution < -0.4 is 4.72 Å². The minimum Gasteiger partial charge on any atom is -0.392 e. The molecule has 4 nitrogen and oxygen atoms in total. The number of rotatable bonds is 5. The van der Waals surface area contributed by atoms with E-state index in [4.69, 9.17) is 11.6 Å². The first kappa shape index (κ1) is 16.4. The lowest BCUT2D eigenvalue weighted by Gasteiger charge is -2.19. The normalized spacial score (nSPS) is 13.8. The molecule has 0 heterocycles. The summed E-state index contributed by atoms with van der Waals surface area (Å²) < 4.78 is 27.3. The summed E-state index contributed by atoms with van der Waals surface area (Å²) in [4.78, 5) is 0.122. The van der Waals surface area contributed by atoms with Gasteiger partial charge in [-0.25, -0.2) is 13.1 Å². The lowest BCUT2D eigenvalue weighted by molar-refractivity contribution is 0.280. The zero-order valence-electron chi connectivity index (χ0n) is 11.6. The van der Waals surface area contributed by atoms with Crippen LogP contribution in [0.3, 0.4) is 0 Å². The van der Waals surface area contributed by atoms with E-state index in [9.17, 15) is 13.5 Å². The maximum Gasteiger partial charge on any atom is 0.241 e. The van der Waals surface area contributed by atoms with Crippen LogP contribution >= 0.6 is 11.6 Å². The summed E-state index contributed by atoms with van der Waals surface area (Å²) in [5.74, 6) is 0.187. The van der Waals surface area contributed by atoms with Crippen LogP contribution in [0.25, 0.3) is 0 Å². The molecule has 108 valence electrons. The third-order valence-electron chi connectivity index (χ3n) is 3.23. The van der Waals surface area contributed by atoms with Crippen LogP contribution in [0.4, 0.5) is 0 Å². The fourth-order valence-electron chi connectivity index (χ4n) is 1.60. The van der Waals surface area contributed by atoms with Gasteiger partial charge in [-0.15, -0.1) is 0 Å². The van der Waals surface area contributed by atoms with Crippen molar-refractivity contribution in [2.75, 3.05) is 0 Å². The summed E-state index contributed by atoms with van der Waals surface area (Å²) in [5, 5.41) is 9.53. The molecule has 0 aliphatic rings. The lowest BCUT2D eigenvalue weighted by atomic mass is 10.1. The second-order valence-electron chi connectivity index (χ2n) is 5.00. The van der Waals surface area contributed by atoms with E-state index in [1.807, 2.05) is 20.8 Å². The van der Waals surface area contributed by atoms with Crippen molar-refractivity contribution < 1.29 is 13.5 Å². The van der Waals surface area contributed by atoms with Crippen molar-refractivity contribution in [3.8, 4) is 0 Å². The highest BCUT2D eigenvalue weighted by molar-refractivity contribution is 7.89. The highest BCUT2D eigenvalue weighted by atomic mass is 35.5. The Labute approximate surface area is 119 Å². The molecule has 1 unspecified atom stereocenters. The van der Waals surface area contributed by atoms with Gasteiger partial charge in [0, 0.05) is 11.1 Å². The lowest BCUT2D eigenvalue weighted by Crippen LogP contribution is -2.36. The Bertz CT molecular complexity index is 555. The van der Waals surface area contributed by atoms with Crippen LogP contribution in [-0.2, 0) is 16.6 Å². The molecule has 1 rings (SSSR count). The van der Waals surface area contributed by atoms with E-state index >= 15 is 0 Å². The van der Waals surface area contributed by atoms with Crippen molar-refractivity contribution in [2.45, 2.75) is 45.2 Å². The van der Waals surface area contributed by atoms with E-state index in [1.165, 1.54) is 6.07 Å². The first-order valence-corrected chi connectivity index (χ1v) is 7.97. The number of aliphatic hydroxyl groups excluding tert-OH is 1. The number of benzene rings is 1. The average Bonchev–Trinajstić information content (AvgIpc) is 2.30. The van der Waals surface area contributed by atoms with Crippen LogP contribution in [0.1, 0.15) is 31.9 Å². The van der Waals surface area contributed by atoms with E-state index in [0.29, 0.717) is 16.1 Å². The van der Waals surface area contributed by atoms with Gasteiger partial charge in [-0.2, -0.15) is 0 Å². The Morgan fingerprint density at radius 3 is 2.37 bits per heavy atom. The minimum atomic E-state index is -3.64. The van der Waals surface area contributed by atoms with E-state index in [-0.39, 0.29) is 23.5 Å². The number of hydrogen-bond acceptors (Lipinski definition) is 3. The molecular formula is C13H20ClNO3S. The van der Waals surface area contributed by atoms with Gasteiger partial charge in [-0.1, -0.05) is 25.4 Å². The minimum absolute atomic E-state index is 0.122. The molecular weight excluding hydrogens is 286 g/mol. The number of sulfonamides is 1. The van der Waals surface area contributed by atoms with Gasteiger partial charge in [0.05, 0.1) is 11.5 Å². The van der Waals surface area contributed by atoms with E-state index in [1.54, 1.807) is 13.0 Å². The van der Waals surface area contributed by atoms with Gasteiger partial charge in [0.2, 0.25) is 10.0 Å². The van der Waals surface area contributed by atoms with Gasteiger partial charge in [-0.3, -0.25) is 0 Å². The van der Waals surface area contributed by atoms with Crippen molar-refractivity contribution in [3.05, 3.63) is 28.3 Å². The largest absolute Gasteiger partial charge is 0.392 e. The Balaban J connectivity index is 3.25. The van der Waals surface area contributed by atoms with E-state index in [2.05, 4.69) is 4.72 Å². The molecule has 0 bridgehead atoms. The molecule has 0 aliphatic heterocycles. The van der Waals surface area contributed by atoms with Crippen LogP contribution in [0.15, 0.2) is 17.0 Å². The molecule has 19 heavy (non-hydrogen) atoms. The van der Waals surface area contributed by atoms with Crippen LogP contribution in [-0.4, -0.2) is 19.6 Å². The molecule has 1 atom stereocenters. The summed E-state index contributed by atoms with van der Waals surface area (Å²) in [6.45, 7) is 7.12. The van der Waals surface area contributed by atoms with Crippen molar-refractivity contribution >= 4 is 21.6 Å². The predicted octanol–water partition coefficient (Wildman–Crippen LogP) is 2.46. The molecule has 0 spiro atoms. The smallest absolute Gasteiger partial charge is 0.241 e. The van der Waals surface area contributed by atoms with E-state index < -0.39 is 10.0 Å². The molecule has 0 fully saturated rings. The Morgan fingerprint density at radius 2 is 1.89 bits per heavy atom. The first-order valence-electron chi connectivity index (χ1n) is 6.11. The van der Waals surface area contributed by atoms with Crippen LogP contribution in [0.5, 0.6) is 0 Å². The summed E-state index contributed by atoms with van der Waals surface area (Å²) in [7, 11) is -3.64. The highest BCUT2D eigenvalue weighted by Gasteiger charge is 2.22. The molecule has 1 aromatic carbocycles. The number of halogens is 1. The Kier molecular flexibility index (Phi) is 5.38. The summed E-state index contributed by atoms with van der Waals surface area (Å²) in [6.07, 6.45) is 0. The second-order valence-corrected chi connectivity index (χ2v) is 7.12. The van der Waals surface area contributed by atoms with Crippen molar-refractivity contribution in [1.82, 2.24) is 4.72 Å². The molecule has 0 aliphatic carbocycles. The summed E-state index contributed by atoms with van der Waals surface area (Å²) in [6, 6.07) is 2.80. The van der Waals surface area contributed by atoms with Gasteiger partial charge in [-0.05, 0) is 43.0 Å². The fraction of sp³-hybridized carbons (Fsp3) is 0.538. The summed E-state index contributed by atoms with van der Waals surface area (Å²) in [5.41, 5.74) is 1.04. The number of hydrogen-bond donors (Lipinski definition) is 2.